The molecule has 2 aromatic carbocycles. The van der Waals surface area contributed by atoms with Crippen LogP contribution in [0.15, 0.2) is 42.5 Å². The van der Waals surface area contributed by atoms with Crippen LogP contribution in [0.3, 0.4) is 0 Å². The highest BCUT2D eigenvalue weighted by Gasteiger charge is 2.37. The van der Waals surface area contributed by atoms with Gasteiger partial charge < -0.3 is 19.5 Å². The Morgan fingerprint density at radius 2 is 1.95 bits per heavy atom. The van der Waals surface area contributed by atoms with Crippen molar-refractivity contribution < 1.29 is 22.7 Å². The van der Waals surface area contributed by atoms with Gasteiger partial charge in [-0.3, -0.25) is 0 Å². The summed E-state index contributed by atoms with van der Waals surface area (Å²) in [4.78, 5) is 15.2. The lowest BCUT2D eigenvalue weighted by atomic mass is 9.98. The van der Waals surface area contributed by atoms with Crippen LogP contribution in [-0.4, -0.2) is 38.8 Å². The number of alkyl halides is 3. The van der Waals surface area contributed by atoms with Crippen molar-refractivity contribution in [2.24, 2.45) is 0 Å². The third kappa shape index (κ3) is 5.25. The van der Waals surface area contributed by atoms with E-state index in [1.54, 1.807) is 4.90 Å². The smallest absolute Gasteiger partial charge is 0.416 e. The minimum Gasteiger partial charge on any atom is -0.493 e. The Morgan fingerprint density at radius 1 is 1.16 bits per heavy atom. The lowest BCUT2D eigenvalue weighted by molar-refractivity contribution is -0.137. The molecule has 0 aliphatic carbocycles. The second-order valence-corrected chi connectivity index (χ2v) is 9.72. The molecule has 0 bridgehead atoms. The van der Waals surface area contributed by atoms with Gasteiger partial charge in [-0.2, -0.15) is 13.2 Å². The number of urea groups is 1. The van der Waals surface area contributed by atoms with Gasteiger partial charge in [-0.1, -0.05) is 36.7 Å². The summed E-state index contributed by atoms with van der Waals surface area (Å²) < 4.78 is 47.0. The van der Waals surface area contributed by atoms with Gasteiger partial charge in [0.15, 0.2) is 5.82 Å². The molecule has 0 radical (unpaired) electrons. The summed E-state index contributed by atoms with van der Waals surface area (Å²) in [6.45, 7) is 3.34. The van der Waals surface area contributed by atoms with Crippen LogP contribution in [0.25, 0.3) is 0 Å². The molecule has 2 aliphatic rings. The Hall–Kier alpha value is -3.27. The highest BCUT2D eigenvalue weighted by molar-refractivity contribution is 6.30. The van der Waals surface area contributed by atoms with E-state index in [0.717, 1.165) is 42.2 Å². The minimum absolute atomic E-state index is 0.152. The van der Waals surface area contributed by atoms with Crippen molar-refractivity contribution in [3.63, 3.8) is 0 Å². The third-order valence-corrected chi connectivity index (χ3v) is 7.17. The number of hydrogen-bond donors (Lipinski definition) is 1. The average Bonchev–Trinajstić information content (AvgIpc) is 3.51. The minimum atomic E-state index is -4.46. The zero-order chi connectivity index (χ0) is 26.2. The maximum absolute atomic E-state index is 13.4. The summed E-state index contributed by atoms with van der Waals surface area (Å²) in [6, 6.07) is 10.0. The number of carbonyl (C=O) groups is 1. The Kier molecular flexibility index (Phi) is 7.02. The van der Waals surface area contributed by atoms with E-state index >= 15 is 0 Å². The van der Waals surface area contributed by atoms with Crippen molar-refractivity contribution in [3.8, 4) is 5.75 Å². The number of halogens is 4. The van der Waals surface area contributed by atoms with E-state index in [0.29, 0.717) is 36.5 Å². The lowest BCUT2D eigenvalue weighted by Crippen LogP contribution is -2.43. The fourth-order valence-corrected chi connectivity index (χ4v) is 5.15. The molecular formula is C26H27ClF3N5O2. The number of rotatable bonds is 5. The van der Waals surface area contributed by atoms with E-state index in [1.165, 1.54) is 6.07 Å². The summed E-state index contributed by atoms with van der Waals surface area (Å²) in [5, 5.41) is 12.5. The largest absolute Gasteiger partial charge is 0.493 e. The third-order valence-electron chi connectivity index (χ3n) is 6.92. The number of ether oxygens (including phenoxy) is 1. The fourth-order valence-electron chi connectivity index (χ4n) is 5.03. The second kappa shape index (κ2) is 10.2. The number of fused-ring (bicyclic) bond motifs is 1. The summed E-state index contributed by atoms with van der Waals surface area (Å²) in [5.41, 5.74) is 0.818. The quantitative estimate of drug-likeness (QED) is 0.441. The molecule has 0 spiro atoms. The molecule has 196 valence electrons. The number of aromatic nitrogens is 3. The van der Waals surface area contributed by atoms with Gasteiger partial charge in [-0.25, -0.2) is 4.79 Å². The molecule has 2 amide bonds. The molecule has 37 heavy (non-hydrogen) atoms. The summed E-state index contributed by atoms with van der Waals surface area (Å²) in [6.07, 6.45) is -1.74. The highest BCUT2D eigenvalue weighted by atomic mass is 35.5. The topological polar surface area (TPSA) is 72.3 Å². The molecule has 11 heteroatoms. The van der Waals surface area contributed by atoms with Gasteiger partial charge in [-0.15, -0.1) is 10.2 Å². The first kappa shape index (κ1) is 25.4. The first-order valence-corrected chi connectivity index (χ1v) is 12.7. The Balaban J connectivity index is 1.36. The van der Waals surface area contributed by atoms with E-state index in [-0.39, 0.29) is 24.4 Å². The van der Waals surface area contributed by atoms with Crippen LogP contribution in [-0.2, 0) is 19.1 Å². The molecule has 1 N–H and O–H groups in total. The molecule has 5 rings (SSSR count). The number of benzene rings is 2. The normalized spacial score (nSPS) is 19.4. The molecule has 3 aromatic rings. The van der Waals surface area contributed by atoms with Crippen molar-refractivity contribution in [2.75, 3.05) is 13.2 Å². The maximum Gasteiger partial charge on any atom is 0.416 e. The van der Waals surface area contributed by atoms with Crippen LogP contribution in [0.5, 0.6) is 5.75 Å². The van der Waals surface area contributed by atoms with Gasteiger partial charge in [0.2, 0.25) is 0 Å². The summed E-state index contributed by atoms with van der Waals surface area (Å²) in [5.74, 6) is 1.71. The number of hydrogen-bond acceptors (Lipinski definition) is 4. The number of likely N-dealkylation sites (tertiary alicyclic amines) is 1. The molecule has 2 atom stereocenters. The van der Waals surface area contributed by atoms with Gasteiger partial charge >= 0.3 is 12.2 Å². The molecule has 7 nitrogen and oxygen atoms in total. The van der Waals surface area contributed by atoms with Gasteiger partial charge in [-0.05, 0) is 42.7 Å². The second-order valence-electron chi connectivity index (χ2n) is 9.28. The summed E-state index contributed by atoms with van der Waals surface area (Å²) in [7, 11) is 0. The Morgan fingerprint density at radius 3 is 2.68 bits per heavy atom. The van der Waals surface area contributed by atoms with E-state index < -0.39 is 17.8 Å². The SMILES string of the molecule is CCc1nnc([C@H]2CCCN2C(=O)N[C@H]2CCOc3cc(C(F)(F)F)ccc32)n1Cc1ccc(Cl)cc1. The molecule has 0 saturated carbocycles. The molecule has 1 saturated heterocycles. The van der Waals surface area contributed by atoms with E-state index in [4.69, 9.17) is 16.3 Å². The Labute approximate surface area is 217 Å². The fraction of sp³-hybridized carbons (Fsp3) is 0.423. The molecule has 2 aliphatic heterocycles. The number of nitrogens with zero attached hydrogens (tertiary/aromatic N) is 4. The lowest BCUT2D eigenvalue weighted by Gasteiger charge is -2.31. The number of nitrogens with one attached hydrogen (secondary N) is 1. The van der Waals surface area contributed by atoms with Crippen LogP contribution in [0.2, 0.25) is 5.02 Å². The predicted molar refractivity (Wildman–Crippen MR) is 131 cm³/mol. The number of aryl methyl sites for hydroxylation is 1. The van der Waals surface area contributed by atoms with Crippen molar-refractivity contribution in [2.45, 2.75) is 57.4 Å². The maximum atomic E-state index is 13.4. The molecular weight excluding hydrogens is 507 g/mol. The standard InChI is InChI=1S/C26H27ClF3N5O2/c1-2-23-32-33-24(35(23)15-16-5-8-18(27)9-6-16)21-4-3-12-34(21)25(36)31-20-11-13-37-22-14-17(26(28,29)30)7-10-19(20)22/h5-10,14,20-21H,2-4,11-13,15H2,1H3,(H,31,36)/t20-,21+/m0/s1. The zero-order valence-electron chi connectivity index (χ0n) is 20.3. The first-order valence-electron chi connectivity index (χ1n) is 12.3. The summed E-state index contributed by atoms with van der Waals surface area (Å²) >= 11 is 6.04. The van der Waals surface area contributed by atoms with E-state index in [9.17, 15) is 18.0 Å². The average molecular weight is 534 g/mol. The molecule has 1 fully saturated rings. The molecule has 1 aromatic heterocycles. The zero-order valence-corrected chi connectivity index (χ0v) is 21.0. The molecule has 3 heterocycles. The predicted octanol–water partition coefficient (Wildman–Crippen LogP) is 5.93. The van der Waals surface area contributed by atoms with Gasteiger partial charge in [0.25, 0.3) is 0 Å². The number of carbonyl (C=O) groups excluding carboxylic acids is 1. The van der Waals surface area contributed by atoms with Crippen molar-refractivity contribution in [1.82, 2.24) is 25.0 Å². The van der Waals surface area contributed by atoms with E-state index in [1.807, 2.05) is 31.2 Å². The van der Waals surface area contributed by atoms with Crippen molar-refractivity contribution in [1.29, 1.82) is 0 Å². The molecule has 0 unspecified atom stereocenters. The monoisotopic (exact) mass is 533 g/mol. The highest BCUT2D eigenvalue weighted by Crippen LogP contribution is 2.39. The number of amides is 2. The van der Waals surface area contributed by atoms with Crippen LogP contribution >= 0.6 is 11.6 Å². The van der Waals surface area contributed by atoms with Crippen LogP contribution in [0, 0.1) is 0 Å². The van der Waals surface area contributed by atoms with E-state index in [2.05, 4.69) is 20.1 Å². The van der Waals surface area contributed by atoms with Crippen LogP contribution < -0.4 is 10.1 Å². The first-order chi connectivity index (χ1) is 17.7. The van der Waals surface area contributed by atoms with Gasteiger partial charge in [0.1, 0.15) is 11.6 Å². The van der Waals surface area contributed by atoms with Crippen LogP contribution in [0.1, 0.15) is 66.6 Å². The van der Waals surface area contributed by atoms with Crippen LogP contribution in [0.4, 0.5) is 18.0 Å². The Bertz CT molecular complexity index is 1280. The van der Waals surface area contributed by atoms with Gasteiger partial charge in [0, 0.05) is 30.0 Å². The van der Waals surface area contributed by atoms with Crippen molar-refractivity contribution >= 4 is 17.6 Å². The van der Waals surface area contributed by atoms with Crippen molar-refractivity contribution in [3.05, 3.63) is 75.8 Å². The van der Waals surface area contributed by atoms with Gasteiger partial charge in [0.05, 0.1) is 30.8 Å².